The molecule has 2 aliphatic heterocycles. The molecule has 40 heavy (non-hydrogen) atoms. The quantitative estimate of drug-likeness (QED) is 0.181. The van der Waals surface area contributed by atoms with E-state index in [0.29, 0.717) is 24.0 Å². The number of ether oxygens (including phenoxy) is 2. The van der Waals surface area contributed by atoms with Crippen LogP contribution in [0, 0.1) is 17.3 Å². The van der Waals surface area contributed by atoms with Crippen LogP contribution in [-0.4, -0.2) is 61.6 Å². The van der Waals surface area contributed by atoms with Crippen molar-refractivity contribution >= 4 is 41.9 Å². The van der Waals surface area contributed by atoms with Gasteiger partial charge in [-0.2, -0.15) is 0 Å². The lowest BCUT2D eigenvalue weighted by molar-refractivity contribution is 0.0342. The summed E-state index contributed by atoms with van der Waals surface area (Å²) in [7, 11) is -0.987. The van der Waals surface area contributed by atoms with Gasteiger partial charge in [0.15, 0.2) is 26.0 Å². The van der Waals surface area contributed by atoms with Crippen LogP contribution in [0.5, 0.6) is 11.5 Å². The topological polar surface area (TPSA) is 88.5 Å². The Labute approximate surface area is 248 Å². The number of nitrogens with zero attached hydrogens (tertiary/aromatic N) is 2. The summed E-state index contributed by atoms with van der Waals surface area (Å²) >= 11 is 3.42. The zero-order chi connectivity index (χ0) is 29.8. The summed E-state index contributed by atoms with van der Waals surface area (Å²) in [5.41, 5.74) is 1.52. The van der Waals surface area contributed by atoms with E-state index < -0.39 is 26.7 Å². The summed E-state index contributed by atoms with van der Waals surface area (Å²) in [6, 6.07) is 2.75. The number of carbonyl (C=O) groups is 2. The molecule has 4 rings (SSSR count). The highest BCUT2D eigenvalue weighted by molar-refractivity contribution is 9.09. The largest absolute Gasteiger partial charge is 0.493 e. The Hall–Kier alpha value is -2.04. The molecule has 0 aromatic heterocycles. The first-order chi connectivity index (χ1) is 18.5. The van der Waals surface area contributed by atoms with Gasteiger partial charge in [0.25, 0.3) is 5.91 Å². The molecule has 1 aliphatic carbocycles. The van der Waals surface area contributed by atoms with Gasteiger partial charge in [-0.15, -0.1) is 0 Å². The molecule has 1 fully saturated rings. The average Bonchev–Trinajstić information content (AvgIpc) is 3.61. The Bertz CT molecular complexity index is 1180. The van der Waals surface area contributed by atoms with Crippen LogP contribution in [0.4, 0.5) is 10.5 Å². The molecular formula is C30H45BrN2O6Si. The number of carbonyl (C=O) groups excluding carboxylic acids is 1. The van der Waals surface area contributed by atoms with Gasteiger partial charge < -0.3 is 23.9 Å². The number of methoxy groups -OCH3 is 1. The Morgan fingerprint density at radius 1 is 1.12 bits per heavy atom. The van der Waals surface area contributed by atoms with E-state index in [1.54, 1.807) is 17.0 Å². The lowest BCUT2D eigenvalue weighted by Crippen LogP contribution is -2.60. The Morgan fingerprint density at radius 2 is 1.77 bits per heavy atom. The number of hydrogen-bond acceptors (Lipinski definition) is 5. The van der Waals surface area contributed by atoms with Crippen molar-refractivity contribution in [2.45, 2.75) is 91.2 Å². The normalized spacial score (nSPS) is 23.4. The maximum absolute atomic E-state index is 14.4. The number of halogens is 1. The lowest BCUT2D eigenvalue weighted by Gasteiger charge is -2.47. The third kappa shape index (κ3) is 5.68. The number of amides is 2. The van der Waals surface area contributed by atoms with E-state index in [1.165, 1.54) is 17.6 Å². The van der Waals surface area contributed by atoms with Crippen molar-refractivity contribution in [3.05, 3.63) is 29.5 Å². The molecule has 0 saturated heterocycles. The molecule has 10 heteroatoms. The zero-order valence-electron chi connectivity index (χ0n) is 25.3. The van der Waals surface area contributed by atoms with E-state index in [2.05, 4.69) is 70.6 Å². The summed E-state index contributed by atoms with van der Waals surface area (Å²) in [5.74, 6) is 0.894. The standard InChI is InChI=1S/C30H45BrN2O6Si/c1-29(2,3)24-20(18-11-12-18)17-32-25(24)27(39-40(8,9)30(4,5)6)33(28(35)36)21-16-23(38-14-10-13-31)22(37-7)15-19(21)26(32)34/h15-18,24-25,27H,10-14H2,1-9H3,(H,35,36)/t24?,25?,27-/m0/s1. The third-order valence-corrected chi connectivity index (χ3v) is 13.8. The average molecular weight is 638 g/mol. The van der Waals surface area contributed by atoms with Crippen molar-refractivity contribution in [1.82, 2.24) is 4.90 Å². The fourth-order valence-corrected chi connectivity index (χ4v) is 7.07. The second-order valence-electron chi connectivity index (χ2n) is 13.8. The van der Waals surface area contributed by atoms with Crippen molar-refractivity contribution in [2.24, 2.45) is 17.3 Å². The second-order valence-corrected chi connectivity index (χ2v) is 19.3. The first kappa shape index (κ1) is 30.9. The molecular weight excluding hydrogens is 592 g/mol. The van der Waals surface area contributed by atoms with Crippen molar-refractivity contribution in [1.29, 1.82) is 0 Å². The molecule has 2 amide bonds. The van der Waals surface area contributed by atoms with Gasteiger partial charge in [0.05, 0.1) is 31.0 Å². The number of benzene rings is 1. The minimum atomic E-state index is -2.51. The van der Waals surface area contributed by atoms with Crippen LogP contribution in [-0.2, 0) is 4.43 Å². The minimum Gasteiger partial charge on any atom is -0.493 e. The van der Waals surface area contributed by atoms with Crippen LogP contribution in [0.1, 0.15) is 71.2 Å². The highest BCUT2D eigenvalue weighted by Gasteiger charge is 2.57. The van der Waals surface area contributed by atoms with Gasteiger partial charge in [0.1, 0.15) is 0 Å². The molecule has 0 spiro atoms. The predicted octanol–water partition coefficient (Wildman–Crippen LogP) is 7.49. The molecule has 2 unspecified atom stereocenters. The predicted molar refractivity (Wildman–Crippen MR) is 163 cm³/mol. The fraction of sp³-hybridized carbons (Fsp3) is 0.667. The number of alkyl halides is 1. The molecule has 1 aromatic carbocycles. The molecule has 0 bridgehead atoms. The van der Waals surface area contributed by atoms with Crippen LogP contribution in [0.15, 0.2) is 23.9 Å². The van der Waals surface area contributed by atoms with Crippen LogP contribution < -0.4 is 14.4 Å². The summed E-state index contributed by atoms with van der Waals surface area (Å²) in [5, 5.41) is 11.4. The highest BCUT2D eigenvalue weighted by atomic mass is 79.9. The third-order valence-electron chi connectivity index (χ3n) is 8.81. The van der Waals surface area contributed by atoms with Crippen molar-refractivity contribution in [3.8, 4) is 11.5 Å². The van der Waals surface area contributed by atoms with E-state index in [9.17, 15) is 14.7 Å². The number of hydrogen-bond donors (Lipinski definition) is 1. The number of carboxylic acid groups (broad SMARTS) is 1. The van der Waals surface area contributed by atoms with Gasteiger partial charge in [0, 0.05) is 23.5 Å². The Kier molecular flexibility index (Phi) is 8.49. The molecule has 1 saturated carbocycles. The van der Waals surface area contributed by atoms with Crippen molar-refractivity contribution in [2.75, 3.05) is 23.9 Å². The van der Waals surface area contributed by atoms with Gasteiger partial charge in [0.2, 0.25) is 0 Å². The highest BCUT2D eigenvalue weighted by Crippen LogP contribution is 2.55. The summed E-state index contributed by atoms with van der Waals surface area (Å²) in [4.78, 5) is 30.7. The van der Waals surface area contributed by atoms with Crippen LogP contribution >= 0.6 is 15.9 Å². The first-order valence-electron chi connectivity index (χ1n) is 14.2. The number of anilines is 1. The maximum Gasteiger partial charge on any atom is 0.414 e. The fourth-order valence-electron chi connectivity index (χ4n) is 5.64. The van der Waals surface area contributed by atoms with Crippen molar-refractivity contribution < 1.29 is 28.6 Å². The number of fused-ring (bicyclic) bond motifs is 2. The van der Waals surface area contributed by atoms with Gasteiger partial charge in [-0.25, -0.2) is 9.69 Å². The zero-order valence-corrected chi connectivity index (χ0v) is 27.9. The second kappa shape index (κ2) is 11.0. The SMILES string of the molecule is COc1cc2c(cc1OCCCBr)N(C(=O)O)[C@@H](O[Si](C)(C)C(C)(C)C)C1C(C(C)(C)C)C(C3CC3)=CN1C2=O. The molecule has 2 heterocycles. The van der Waals surface area contributed by atoms with Crippen LogP contribution in [0.2, 0.25) is 18.1 Å². The van der Waals surface area contributed by atoms with Crippen molar-refractivity contribution in [3.63, 3.8) is 0 Å². The van der Waals surface area contributed by atoms with Crippen LogP contribution in [0.25, 0.3) is 0 Å². The van der Waals surface area contributed by atoms with Crippen LogP contribution in [0.3, 0.4) is 0 Å². The minimum absolute atomic E-state index is 0.0635. The Morgan fingerprint density at radius 3 is 2.27 bits per heavy atom. The first-order valence-corrected chi connectivity index (χ1v) is 18.2. The van der Waals surface area contributed by atoms with Gasteiger partial charge in [-0.1, -0.05) is 57.5 Å². The van der Waals surface area contributed by atoms with E-state index >= 15 is 0 Å². The molecule has 3 aliphatic rings. The molecule has 3 atom stereocenters. The lowest BCUT2D eigenvalue weighted by atomic mass is 9.71. The monoisotopic (exact) mass is 636 g/mol. The maximum atomic E-state index is 14.4. The van der Waals surface area contributed by atoms with Gasteiger partial charge in [-0.05, 0) is 60.4 Å². The molecule has 1 aromatic rings. The molecule has 1 N–H and O–H groups in total. The van der Waals surface area contributed by atoms with E-state index in [4.69, 9.17) is 13.9 Å². The summed E-state index contributed by atoms with van der Waals surface area (Å²) in [6.07, 6.45) is 2.88. The van der Waals surface area contributed by atoms with E-state index in [1.807, 2.05) is 6.20 Å². The number of rotatable bonds is 8. The van der Waals surface area contributed by atoms with E-state index in [0.717, 1.165) is 24.6 Å². The molecule has 222 valence electrons. The van der Waals surface area contributed by atoms with E-state index in [-0.39, 0.29) is 33.5 Å². The van der Waals surface area contributed by atoms with Gasteiger partial charge in [-0.3, -0.25) is 4.79 Å². The smallest absolute Gasteiger partial charge is 0.414 e. The summed E-state index contributed by atoms with van der Waals surface area (Å²) < 4.78 is 18.7. The molecule has 8 nitrogen and oxygen atoms in total. The van der Waals surface area contributed by atoms with Gasteiger partial charge >= 0.3 is 6.09 Å². The Balaban J connectivity index is 1.98. The summed E-state index contributed by atoms with van der Waals surface area (Å²) in [6.45, 7) is 17.6. The molecule has 0 radical (unpaired) electrons.